The number of amides is 1. The van der Waals surface area contributed by atoms with E-state index in [0.717, 1.165) is 6.07 Å². The summed E-state index contributed by atoms with van der Waals surface area (Å²) < 4.78 is 23.9. The van der Waals surface area contributed by atoms with Crippen molar-refractivity contribution in [2.45, 2.75) is 0 Å². The maximum atomic E-state index is 13.4. The molecule has 1 amide bonds. The number of carbonyl (C=O) groups excluding carboxylic acids is 1. The van der Waals surface area contributed by atoms with E-state index in [1.54, 1.807) is 24.3 Å². The highest BCUT2D eigenvalue weighted by Crippen LogP contribution is 2.25. The molecule has 2 aromatic carbocycles. The van der Waals surface area contributed by atoms with Gasteiger partial charge >= 0.3 is 0 Å². The summed E-state index contributed by atoms with van der Waals surface area (Å²) in [7, 11) is 0. The molecule has 2 aromatic rings. The second-order valence-corrected chi connectivity index (χ2v) is 4.58. The molecule has 0 aliphatic rings. The molecule has 6 heteroatoms. The van der Waals surface area contributed by atoms with E-state index in [1.807, 2.05) is 6.07 Å². The van der Waals surface area contributed by atoms with Crippen LogP contribution >= 0.6 is 0 Å². The molecular formula is C18H13FN2O3. The van der Waals surface area contributed by atoms with Gasteiger partial charge in [0.05, 0.1) is 11.3 Å². The fraction of sp³-hybridized carbons (Fsp3) is 0.111. The van der Waals surface area contributed by atoms with Crippen molar-refractivity contribution in [1.82, 2.24) is 0 Å². The minimum absolute atomic E-state index is 0.0133. The summed E-state index contributed by atoms with van der Waals surface area (Å²) in [5, 5.41) is 11.5. The standard InChI is InChI=1S/C18H13FN2O3/c1-2-9-23-17-8-7-14(19)10-15(17)21-18(22)12-24-16-6-4-3-5-13(16)11-20/h1,3-8,10H,9,12H2,(H,21,22). The summed E-state index contributed by atoms with van der Waals surface area (Å²) in [6.45, 7) is -0.357. The summed E-state index contributed by atoms with van der Waals surface area (Å²) in [4.78, 5) is 12.0. The van der Waals surface area contributed by atoms with E-state index >= 15 is 0 Å². The van der Waals surface area contributed by atoms with Crippen LogP contribution in [0.15, 0.2) is 42.5 Å². The van der Waals surface area contributed by atoms with Gasteiger partial charge in [-0.3, -0.25) is 4.79 Å². The van der Waals surface area contributed by atoms with E-state index in [2.05, 4.69) is 11.2 Å². The average molecular weight is 324 g/mol. The van der Waals surface area contributed by atoms with Gasteiger partial charge in [0.2, 0.25) is 0 Å². The van der Waals surface area contributed by atoms with Gasteiger partial charge in [-0.2, -0.15) is 5.26 Å². The molecule has 0 bridgehead atoms. The molecule has 5 nitrogen and oxygen atoms in total. The maximum absolute atomic E-state index is 13.4. The molecule has 0 fully saturated rings. The number of benzene rings is 2. The van der Waals surface area contributed by atoms with E-state index in [0.29, 0.717) is 5.56 Å². The zero-order valence-electron chi connectivity index (χ0n) is 12.6. The van der Waals surface area contributed by atoms with E-state index in [4.69, 9.17) is 21.2 Å². The van der Waals surface area contributed by atoms with Gasteiger partial charge in [0.25, 0.3) is 5.91 Å². The maximum Gasteiger partial charge on any atom is 0.262 e. The molecule has 0 aliphatic heterocycles. The molecule has 0 saturated carbocycles. The quantitative estimate of drug-likeness (QED) is 0.829. The number of anilines is 1. The number of halogens is 1. The molecule has 0 saturated heterocycles. The van der Waals surface area contributed by atoms with Gasteiger partial charge in [-0.25, -0.2) is 4.39 Å². The van der Waals surface area contributed by atoms with Gasteiger partial charge in [-0.05, 0) is 24.3 Å². The Morgan fingerprint density at radius 3 is 2.75 bits per heavy atom. The highest BCUT2D eigenvalue weighted by molar-refractivity contribution is 5.93. The number of nitrogens with one attached hydrogen (secondary N) is 1. The summed E-state index contributed by atoms with van der Waals surface area (Å²) in [6, 6.07) is 12.2. The number of nitriles is 1. The molecule has 0 radical (unpaired) electrons. The lowest BCUT2D eigenvalue weighted by Crippen LogP contribution is -2.21. The topological polar surface area (TPSA) is 71.3 Å². The third kappa shape index (κ3) is 4.49. The molecule has 0 aromatic heterocycles. The molecule has 0 spiro atoms. The number of ether oxygens (including phenoxy) is 2. The molecule has 24 heavy (non-hydrogen) atoms. The van der Waals surface area contributed by atoms with E-state index in [1.165, 1.54) is 12.1 Å². The van der Waals surface area contributed by atoms with Crippen LogP contribution in [-0.2, 0) is 4.79 Å². The van der Waals surface area contributed by atoms with Crippen molar-refractivity contribution in [2.24, 2.45) is 0 Å². The molecular weight excluding hydrogens is 311 g/mol. The summed E-state index contributed by atoms with van der Waals surface area (Å²) in [5.41, 5.74) is 0.460. The molecule has 120 valence electrons. The van der Waals surface area contributed by atoms with Crippen molar-refractivity contribution in [2.75, 3.05) is 18.5 Å². The Labute approximate surface area is 138 Å². The van der Waals surface area contributed by atoms with Crippen LogP contribution in [-0.4, -0.2) is 19.1 Å². The number of rotatable bonds is 6. The van der Waals surface area contributed by atoms with Crippen molar-refractivity contribution in [3.05, 3.63) is 53.8 Å². The predicted octanol–water partition coefficient (Wildman–Crippen LogP) is 2.73. The Kier molecular flexibility index (Phi) is 5.76. The van der Waals surface area contributed by atoms with Crippen molar-refractivity contribution in [3.63, 3.8) is 0 Å². The molecule has 0 heterocycles. The van der Waals surface area contributed by atoms with Crippen LogP contribution in [0.2, 0.25) is 0 Å². The molecule has 0 aliphatic carbocycles. The second kappa shape index (κ2) is 8.21. The van der Waals surface area contributed by atoms with Crippen molar-refractivity contribution < 1.29 is 18.7 Å². The second-order valence-electron chi connectivity index (χ2n) is 4.58. The Bertz CT molecular complexity index is 822. The third-order valence-corrected chi connectivity index (χ3v) is 2.89. The van der Waals surface area contributed by atoms with Gasteiger partial charge in [0.1, 0.15) is 30.0 Å². The van der Waals surface area contributed by atoms with Crippen LogP contribution in [0, 0.1) is 29.5 Å². The number of para-hydroxylation sites is 1. The Balaban J connectivity index is 2.03. The van der Waals surface area contributed by atoms with Gasteiger partial charge in [-0.15, -0.1) is 6.42 Å². The number of hydrogen-bond donors (Lipinski definition) is 1. The first-order chi connectivity index (χ1) is 11.6. The smallest absolute Gasteiger partial charge is 0.262 e. The lowest BCUT2D eigenvalue weighted by Gasteiger charge is -2.12. The van der Waals surface area contributed by atoms with Crippen LogP contribution in [0.1, 0.15) is 5.56 Å². The first-order valence-corrected chi connectivity index (χ1v) is 6.91. The summed E-state index contributed by atoms with van der Waals surface area (Å²) in [6.07, 6.45) is 5.11. The van der Waals surface area contributed by atoms with E-state index in [-0.39, 0.29) is 30.4 Å². The lowest BCUT2D eigenvalue weighted by atomic mass is 10.2. The fourth-order valence-corrected chi connectivity index (χ4v) is 1.86. The number of terminal acetylenes is 1. The number of nitrogens with zero attached hydrogens (tertiary/aromatic N) is 1. The van der Waals surface area contributed by atoms with Crippen molar-refractivity contribution in [1.29, 1.82) is 5.26 Å². The fourth-order valence-electron chi connectivity index (χ4n) is 1.86. The molecule has 1 N–H and O–H groups in total. The average Bonchev–Trinajstić information content (AvgIpc) is 2.59. The molecule has 2 rings (SSSR count). The van der Waals surface area contributed by atoms with Crippen LogP contribution in [0.4, 0.5) is 10.1 Å². The summed E-state index contributed by atoms with van der Waals surface area (Å²) in [5.74, 6) is 1.76. The normalized spacial score (nSPS) is 9.46. The van der Waals surface area contributed by atoms with Crippen LogP contribution in [0.25, 0.3) is 0 Å². The monoisotopic (exact) mass is 324 g/mol. The van der Waals surface area contributed by atoms with Gasteiger partial charge < -0.3 is 14.8 Å². The SMILES string of the molecule is C#CCOc1ccc(F)cc1NC(=O)COc1ccccc1C#N. The highest BCUT2D eigenvalue weighted by atomic mass is 19.1. The lowest BCUT2D eigenvalue weighted by molar-refractivity contribution is -0.118. The van der Waals surface area contributed by atoms with Crippen LogP contribution < -0.4 is 14.8 Å². The van der Waals surface area contributed by atoms with Crippen LogP contribution in [0.5, 0.6) is 11.5 Å². The highest BCUT2D eigenvalue weighted by Gasteiger charge is 2.11. The predicted molar refractivity (Wildman–Crippen MR) is 86.0 cm³/mol. The van der Waals surface area contributed by atoms with Crippen molar-refractivity contribution in [3.8, 4) is 29.9 Å². The summed E-state index contributed by atoms with van der Waals surface area (Å²) >= 11 is 0. The third-order valence-electron chi connectivity index (χ3n) is 2.89. The zero-order valence-corrected chi connectivity index (χ0v) is 12.6. The first-order valence-electron chi connectivity index (χ1n) is 6.91. The van der Waals surface area contributed by atoms with Crippen LogP contribution in [0.3, 0.4) is 0 Å². The van der Waals surface area contributed by atoms with E-state index < -0.39 is 11.7 Å². The van der Waals surface area contributed by atoms with Crippen molar-refractivity contribution >= 4 is 11.6 Å². The largest absolute Gasteiger partial charge is 0.482 e. The number of carbonyl (C=O) groups is 1. The Hall–Kier alpha value is -3.51. The molecule has 0 unspecified atom stereocenters. The Morgan fingerprint density at radius 2 is 2.00 bits per heavy atom. The van der Waals surface area contributed by atoms with Gasteiger partial charge in [-0.1, -0.05) is 18.1 Å². The van der Waals surface area contributed by atoms with Gasteiger partial charge in [0.15, 0.2) is 6.61 Å². The van der Waals surface area contributed by atoms with E-state index in [9.17, 15) is 9.18 Å². The van der Waals surface area contributed by atoms with Gasteiger partial charge in [0, 0.05) is 6.07 Å². The number of hydrogen-bond acceptors (Lipinski definition) is 4. The minimum atomic E-state index is -0.533. The zero-order chi connectivity index (χ0) is 17.4. The Morgan fingerprint density at radius 1 is 1.21 bits per heavy atom. The minimum Gasteiger partial charge on any atom is -0.482 e. The molecule has 0 atom stereocenters. The first kappa shape index (κ1) is 16.9.